The predicted molar refractivity (Wildman–Crippen MR) is 105 cm³/mol. The molecule has 0 amide bonds. The fourth-order valence-electron chi connectivity index (χ4n) is 2.68. The second-order valence-electron chi connectivity index (χ2n) is 5.41. The highest BCUT2D eigenvalue weighted by Gasteiger charge is 2.19. The first-order chi connectivity index (χ1) is 11.0. The quantitative estimate of drug-likeness (QED) is 0.532. The van der Waals surface area contributed by atoms with E-state index in [1.165, 1.54) is 6.26 Å². The van der Waals surface area contributed by atoms with Crippen LogP contribution in [0.25, 0.3) is 22.3 Å². The number of hydrogen-bond donors (Lipinski definition) is 1. The molecule has 0 saturated carbocycles. The van der Waals surface area contributed by atoms with Gasteiger partial charge in [0.2, 0.25) is 0 Å². The van der Waals surface area contributed by atoms with Crippen molar-refractivity contribution in [3.05, 3.63) is 76.4 Å². The molecule has 0 aliphatic heterocycles. The highest BCUT2D eigenvalue weighted by molar-refractivity contribution is 14.1. The lowest BCUT2D eigenvalue weighted by Crippen LogP contribution is -2.02. The summed E-state index contributed by atoms with van der Waals surface area (Å²) in [5.74, 6) is 0. The van der Waals surface area contributed by atoms with Gasteiger partial charge in [-0.1, -0.05) is 60.7 Å². The Bertz CT molecular complexity index is 875. The van der Waals surface area contributed by atoms with Gasteiger partial charge in [-0.05, 0) is 45.9 Å². The zero-order chi connectivity index (χ0) is 16.4. The molecule has 1 N–H and O–H groups in total. The fraction of sp³-hybridized carbons (Fsp3) is 0.0526. The van der Waals surface area contributed by atoms with Crippen molar-refractivity contribution in [2.45, 2.75) is 4.90 Å². The second kappa shape index (κ2) is 6.45. The zero-order valence-electron chi connectivity index (χ0n) is 12.6. The first kappa shape index (κ1) is 16.2. The van der Waals surface area contributed by atoms with Crippen molar-refractivity contribution in [2.24, 2.45) is 0 Å². The Labute approximate surface area is 150 Å². The molecule has 0 radical (unpaired) electrons. The summed E-state index contributed by atoms with van der Waals surface area (Å²) >= 11 is 2.28. The van der Waals surface area contributed by atoms with Crippen LogP contribution in [0.4, 0.5) is 0 Å². The molecule has 0 aliphatic rings. The third-order valence-electron chi connectivity index (χ3n) is 3.61. The Kier molecular flexibility index (Phi) is 4.55. The van der Waals surface area contributed by atoms with E-state index in [1.54, 1.807) is 0 Å². The normalized spacial score (nSPS) is 13.5. The van der Waals surface area contributed by atoms with Crippen molar-refractivity contribution >= 4 is 32.3 Å². The van der Waals surface area contributed by atoms with Crippen LogP contribution in [0, 0.1) is 8.35 Å². The summed E-state index contributed by atoms with van der Waals surface area (Å²) in [5, 5.41) is 0. The summed E-state index contributed by atoms with van der Waals surface area (Å²) in [6.45, 7) is 0. The van der Waals surface area contributed by atoms with E-state index >= 15 is 0 Å². The van der Waals surface area contributed by atoms with Crippen LogP contribution in [-0.2, 0) is 9.73 Å². The van der Waals surface area contributed by atoms with Crippen LogP contribution in [0.15, 0.2) is 77.7 Å². The summed E-state index contributed by atoms with van der Waals surface area (Å²) in [5.41, 5.74) is 3.72. The molecule has 0 fully saturated rings. The average molecular weight is 433 g/mol. The Hall–Kier alpha value is -1.66. The Balaban J connectivity index is 2.40. The van der Waals surface area contributed by atoms with E-state index in [4.69, 9.17) is 4.78 Å². The third kappa shape index (κ3) is 3.48. The molecule has 3 aromatic carbocycles. The lowest BCUT2D eigenvalue weighted by molar-refractivity contribution is 0.679. The Morgan fingerprint density at radius 1 is 0.826 bits per heavy atom. The molecule has 0 bridgehead atoms. The van der Waals surface area contributed by atoms with E-state index in [9.17, 15) is 4.21 Å². The van der Waals surface area contributed by atoms with Gasteiger partial charge in [-0.25, -0.2) is 8.99 Å². The highest BCUT2D eigenvalue weighted by atomic mass is 127. The number of rotatable bonds is 3. The summed E-state index contributed by atoms with van der Waals surface area (Å²) in [7, 11) is -2.88. The molecule has 3 aromatic rings. The molecule has 0 saturated heterocycles. The highest BCUT2D eigenvalue weighted by Crippen LogP contribution is 2.37. The maximum Gasteiger partial charge on any atom is 0.0709 e. The average Bonchev–Trinajstić information content (AvgIpc) is 2.54. The van der Waals surface area contributed by atoms with Gasteiger partial charge in [0.15, 0.2) is 0 Å². The van der Waals surface area contributed by atoms with E-state index in [2.05, 4.69) is 22.6 Å². The number of hydrogen-bond acceptors (Lipinski definition) is 2. The number of nitrogens with one attached hydrogen (secondary N) is 1. The standard InChI is InChI=1S/C19H16INOS/c1-23(21,22)19-17(14-8-4-2-5-9-14)12-16(20)13-18(19)15-10-6-3-7-11-15/h2-13,21H,1H3. The monoisotopic (exact) mass is 433 g/mol. The minimum Gasteiger partial charge on any atom is -0.249 e. The van der Waals surface area contributed by atoms with Gasteiger partial charge in [0.1, 0.15) is 0 Å². The van der Waals surface area contributed by atoms with Gasteiger partial charge in [-0.2, -0.15) is 0 Å². The van der Waals surface area contributed by atoms with Crippen LogP contribution >= 0.6 is 22.6 Å². The van der Waals surface area contributed by atoms with E-state index in [0.717, 1.165) is 25.8 Å². The molecule has 0 aromatic heterocycles. The first-order valence-electron chi connectivity index (χ1n) is 7.15. The lowest BCUT2D eigenvalue weighted by Gasteiger charge is -2.16. The van der Waals surface area contributed by atoms with Gasteiger partial charge in [0, 0.05) is 21.0 Å². The molecule has 0 aliphatic carbocycles. The number of benzene rings is 3. The Morgan fingerprint density at radius 2 is 1.22 bits per heavy atom. The molecule has 4 heteroatoms. The molecule has 0 heterocycles. The largest absolute Gasteiger partial charge is 0.249 e. The molecule has 3 rings (SSSR count). The van der Waals surface area contributed by atoms with Crippen LogP contribution in [0.2, 0.25) is 0 Å². The van der Waals surface area contributed by atoms with Crippen LogP contribution in [0.3, 0.4) is 0 Å². The summed E-state index contributed by atoms with van der Waals surface area (Å²) in [6.07, 6.45) is 1.49. The van der Waals surface area contributed by atoms with E-state index in [1.807, 2.05) is 72.8 Å². The molecule has 23 heavy (non-hydrogen) atoms. The topological polar surface area (TPSA) is 40.9 Å². The van der Waals surface area contributed by atoms with Gasteiger partial charge in [0.25, 0.3) is 0 Å². The van der Waals surface area contributed by atoms with Crippen molar-refractivity contribution in [3.63, 3.8) is 0 Å². The number of halogens is 1. The van der Waals surface area contributed by atoms with E-state index in [-0.39, 0.29) is 0 Å². The zero-order valence-corrected chi connectivity index (χ0v) is 15.6. The molecule has 116 valence electrons. The first-order valence-corrected chi connectivity index (χ1v) is 10.2. The molecule has 2 nitrogen and oxygen atoms in total. The summed E-state index contributed by atoms with van der Waals surface area (Å²) in [4.78, 5) is 0.607. The van der Waals surface area contributed by atoms with E-state index in [0.29, 0.717) is 4.90 Å². The summed E-state index contributed by atoms with van der Waals surface area (Å²) < 4.78 is 22.1. The maximum atomic E-state index is 12.8. The summed E-state index contributed by atoms with van der Waals surface area (Å²) in [6, 6.07) is 23.8. The molecule has 0 spiro atoms. The SMILES string of the molecule is CS(=N)(=O)c1c(-c2ccccc2)cc(I)cc1-c1ccccc1. The van der Waals surface area contributed by atoms with Crippen LogP contribution in [-0.4, -0.2) is 10.5 Å². The van der Waals surface area contributed by atoms with Gasteiger partial charge < -0.3 is 0 Å². The van der Waals surface area contributed by atoms with Crippen molar-refractivity contribution in [3.8, 4) is 22.3 Å². The second-order valence-corrected chi connectivity index (χ2v) is 8.75. The smallest absolute Gasteiger partial charge is 0.0709 e. The Morgan fingerprint density at radius 3 is 1.57 bits per heavy atom. The molecular formula is C19H16INOS. The fourth-order valence-corrected chi connectivity index (χ4v) is 4.49. The van der Waals surface area contributed by atoms with Crippen molar-refractivity contribution in [1.82, 2.24) is 0 Å². The van der Waals surface area contributed by atoms with Gasteiger partial charge >= 0.3 is 0 Å². The lowest BCUT2D eigenvalue weighted by atomic mass is 9.99. The van der Waals surface area contributed by atoms with E-state index < -0.39 is 9.73 Å². The van der Waals surface area contributed by atoms with Crippen molar-refractivity contribution in [2.75, 3.05) is 6.26 Å². The van der Waals surface area contributed by atoms with Crippen LogP contribution < -0.4 is 0 Å². The molecule has 1 unspecified atom stereocenters. The van der Waals surface area contributed by atoms with Crippen molar-refractivity contribution in [1.29, 1.82) is 4.78 Å². The van der Waals surface area contributed by atoms with Crippen molar-refractivity contribution < 1.29 is 4.21 Å². The minimum absolute atomic E-state index is 0.607. The van der Waals surface area contributed by atoms with Crippen LogP contribution in [0.1, 0.15) is 0 Å². The van der Waals surface area contributed by atoms with Gasteiger partial charge in [-0.3, -0.25) is 0 Å². The molecular weight excluding hydrogens is 417 g/mol. The van der Waals surface area contributed by atoms with Gasteiger partial charge in [-0.15, -0.1) is 0 Å². The third-order valence-corrected chi connectivity index (χ3v) is 5.45. The van der Waals surface area contributed by atoms with Gasteiger partial charge in [0.05, 0.1) is 14.6 Å². The minimum atomic E-state index is -2.88. The predicted octanol–water partition coefficient (Wildman–Crippen LogP) is 5.66. The maximum absolute atomic E-state index is 12.8. The van der Waals surface area contributed by atoms with Crippen LogP contribution in [0.5, 0.6) is 0 Å². The molecule has 1 atom stereocenters.